The van der Waals surface area contributed by atoms with Gasteiger partial charge in [0.05, 0.1) is 6.61 Å². The number of hydrogen-bond donors (Lipinski definition) is 4. The van der Waals surface area contributed by atoms with Crippen molar-refractivity contribution < 1.29 is 9.90 Å². The molecule has 0 aliphatic rings. The largest absolute Gasteiger partial charge is 0.395 e. The molecule has 0 fully saturated rings. The van der Waals surface area contributed by atoms with E-state index in [0.29, 0.717) is 24.3 Å². The highest BCUT2D eigenvalue weighted by Gasteiger charge is 2.08. The predicted molar refractivity (Wildman–Crippen MR) is 84.3 cm³/mol. The lowest BCUT2D eigenvalue weighted by molar-refractivity contribution is 0.102. The van der Waals surface area contributed by atoms with Crippen LogP contribution < -0.4 is 16.4 Å². The fourth-order valence-electron chi connectivity index (χ4n) is 1.98. The molecule has 0 aliphatic carbocycles. The van der Waals surface area contributed by atoms with Crippen LogP contribution >= 0.6 is 0 Å². The van der Waals surface area contributed by atoms with Gasteiger partial charge >= 0.3 is 0 Å². The molecule has 5 nitrogen and oxygen atoms in total. The Bertz CT molecular complexity index is 600. The number of carbonyl (C=O) groups is 1. The van der Waals surface area contributed by atoms with Gasteiger partial charge in [-0.05, 0) is 35.9 Å². The Morgan fingerprint density at radius 1 is 1.14 bits per heavy atom. The summed E-state index contributed by atoms with van der Waals surface area (Å²) < 4.78 is 0. The smallest absolute Gasteiger partial charge is 0.255 e. The van der Waals surface area contributed by atoms with Crippen LogP contribution in [0.25, 0.3) is 0 Å². The third-order valence-corrected chi connectivity index (χ3v) is 3.05. The summed E-state index contributed by atoms with van der Waals surface area (Å²) in [5, 5.41) is 14.7. The Hall–Kier alpha value is -2.37. The van der Waals surface area contributed by atoms with Crippen LogP contribution in [-0.4, -0.2) is 24.2 Å². The van der Waals surface area contributed by atoms with Crippen molar-refractivity contribution in [3.63, 3.8) is 0 Å². The van der Waals surface area contributed by atoms with E-state index in [4.69, 9.17) is 10.8 Å². The lowest BCUT2D eigenvalue weighted by atomic mass is 10.1. The summed E-state index contributed by atoms with van der Waals surface area (Å²) in [6, 6.07) is 14.5. The van der Waals surface area contributed by atoms with E-state index in [2.05, 4.69) is 10.6 Å². The number of amides is 1. The van der Waals surface area contributed by atoms with E-state index >= 15 is 0 Å². The molecule has 0 bridgehead atoms. The van der Waals surface area contributed by atoms with Crippen molar-refractivity contribution in [1.29, 1.82) is 0 Å². The molecule has 1 amide bonds. The van der Waals surface area contributed by atoms with Crippen LogP contribution in [0.4, 0.5) is 11.4 Å². The van der Waals surface area contributed by atoms with Gasteiger partial charge in [0.25, 0.3) is 5.91 Å². The van der Waals surface area contributed by atoms with Crippen molar-refractivity contribution in [3.05, 3.63) is 59.7 Å². The molecule has 5 N–H and O–H groups in total. The summed E-state index contributed by atoms with van der Waals surface area (Å²) in [6.07, 6.45) is 0. The first kappa shape index (κ1) is 15.0. The Balaban J connectivity index is 2.14. The van der Waals surface area contributed by atoms with Gasteiger partial charge in [0.2, 0.25) is 0 Å². The molecule has 110 valence electrons. The van der Waals surface area contributed by atoms with Crippen LogP contribution in [0.5, 0.6) is 0 Å². The minimum atomic E-state index is -0.165. The maximum atomic E-state index is 12.1. The molecule has 2 aromatic rings. The monoisotopic (exact) mass is 285 g/mol. The van der Waals surface area contributed by atoms with E-state index in [-0.39, 0.29) is 12.5 Å². The molecule has 5 heteroatoms. The zero-order valence-corrected chi connectivity index (χ0v) is 11.7. The number of anilines is 2. The number of rotatable bonds is 6. The molecule has 2 aromatic carbocycles. The second-order valence-corrected chi connectivity index (χ2v) is 4.55. The normalized spacial score (nSPS) is 10.2. The average molecular weight is 285 g/mol. The fraction of sp³-hybridized carbons (Fsp3) is 0.188. The van der Waals surface area contributed by atoms with Crippen LogP contribution in [0, 0.1) is 0 Å². The number of nitrogens with two attached hydrogens (primary N) is 1. The summed E-state index contributed by atoms with van der Waals surface area (Å²) in [7, 11) is 0. The van der Waals surface area contributed by atoms with Crippen molar-refractivity contribution in [3.8, 4) is 0 Å². The predicted octanol–water partition coefficient (Wildman–Crippen LogP) is 1.80. The Morgan fingerprint density at radius 2 is 1.90 bits per heavy atom. The molecule has 0 saturated carbocycles. The number of aliphatic hydroxyl groups excluding tert-OH is 1. The molecular formula is C16H19N3O2. The number of benzene rings is 2. The van der Waals surface area contributed by atoms with Gasteiger partial charge in [0.15, 0.2) is 0 Å². The number of aliphatic hydroxyl groups is 1. The van der Waals surface area contributed by atoms with Crippen molar-refractivity contribution >= 4 is 17.3 Å². The van der Waals surface area contributed by atoms with Crippen LogP contribution in [-0.2, 0) is 6.54 Å². The third kappa shape index (κ3) is 4.05. The van der Waals surface area contributed by atoms with Crippen LogP contribution in [0.1, 0.15) is 15.9 Å². The Kier molecular flexibility index (Phi) is 5.31. The molecule has 0 atom stereocenters. The topological polar surface area (TPSA) is 87.4 Å². The summed E-state index contributed by atoms with van der Waals surface area (Å²) in [4.78, 5) is 12.1. The molecule has 0 radical (unpaired) electrons. The number of nitrogens with one attached hydrogen (secondary N) is 2. The first-order valence-electron chi connectivity index (χ1n) is 6.78. The summed E-state index contributed by atoms with van der Waals surface area (Å²) >= 11 is 0. The highest BCUT2D eigenvalue weighted by atomic mass is 16.3. The van der Waals surface area contributed by atoms with Crippen LogP contribution in [0.2, 0.25) is 0 Å². The SMILES string of the molecule is NCc1cc(NCCO)ccc1NC(=O)c1ccccc1. The zero-order valence-electron chi connectivity index (χ0n) is 11.7. The summed E-state index contributed by atoms with van der Waals surface area (Å²) in [6.45, 7) is 0.850. The van der Waals surface area contributed by atoms with Crippen LogP contribution in [0.15, 0.2) is 48.5 Å². The maximum Gasteiger partial charge on any atom is 0.255 e. The second-order valence-electron chi connectivity index (χ2n) is 4.55. The van der Waals surface area contributed by atoms with Gasteiger partial charge in [0.1, 0.15) is 0 Å². The average Bonchev–Trinajstić information content (AvgIpc) is 2.54. The van der Waals surface area contributed by atoms with Gasteiger partial charge in [-0.3, -0.25) is 4.79 Å². The van der Waals surface area contributed by atoms with Crippen molar-refractivity contribution in [1.82, 2.24) is 0 Å². The molecule has 0 aliphatic heterocycles. The number of carbonyl (C=O) groups excluding carboxylic acids is 1. The first-order chi connectivity index (χ1) is 10.2. The Morgan fingerprint density at radius 3 is 2.57 bits per heavy atom. The first-order valence-corrected chi connectivity index (χ1v) is 6.78. The fourth-order valence-corrected chi connectivity index (χ4v) is 1.98. The van der Waals surface area contributed by atoms with E-state index in [1.165, 1.54) is 0 Å². The van der Waals surface area contributed by atoms with Gasteiger partial charge in [-0.2, -0.15) is 0 Å². The zero-order chi connectivity index (χ0) is 15.1. The van der Waals surface area contributed by atoms with Gasteiger partial charge in [-0.1, -0.05) is 18.2 Å². The molecule has 0 aromatic heterocycles. The van der Waals surface area contributed by atoms with Gasteiger partial charge in [-0.15, -0.1) is 0 Å². The maximum absolute atomic E-state index is 12.1. The van der Waals surface area contributed by atoms with Gasteiger partial charge in [-0.25, -0.2) is 0 Å². The highest BCUT2D eigenvalue weighted by molar-refractivity contribution is 6.04. The van der Waals surface area contributed by atoms with Gasteiger partial charge < -0.3 is 21.5 Å². The van der Waals surface area contributed by atoms with Crippen molar-refractivity contribution in [2.75, 3.05) is 23.8 Å². The van der Waals surface area contributed by atoms with Crippen molar-refractivity contribution in [2.24, 2.45) is 5.73 Å². The standard InChI is InChI=1S/C16H19N3O2/c17-11-13-10-14(18-8-9-20)6-7-15(13)19-16(21)12-4-2-1-3-5-12/h1-7,10,18,20H,8-9,11,17H2,(H,19,21). The molecule has 0 unspecified atom stereocenters. The third-order valence-electron chi connectivity index (χ3n) is 3.05. The minimum absolute atomic E-state index is 0.0600. The van der Waals surface area contributed by atoms with Gasteiger partial charge in [0, 0.05) is 30.0 Å². The minimum Gasteiger partial charge on any atom is -0.395 e. The van der Waals surface area contributed by atoms with E-state index in [1.54, 1.807) is 12.1 Å². The lowest BCUT2D eigenvalue weighted by Gasteiger charge is -2.12. The molecule has 0 spiro atoms. The van der Waals surface area contributed by atoms with Crippen LogP contribution in [0.3, 0.4) is 0 Å². The van der Waals surface area contributed by atoms with E-state index < -0.39 is 0 Å². The van der Waals surface area contributed by atoms with E-state index in [1.807, 2.05) is 36.4 Å². The second kappa shape index (κ2) is 7.42. The molecule has 0 saturated heterocycles. The van der Waals surface area contributed by atoms with Crippen molar-refractivity contribution in [2.45, 2.75) is 6.54 Å². The van der Waals surface area contributed by atoms with E-state index in [9.17, 15) is 4.79 Å². The molecular weight excluding hydrogens is 266 g/mol. The lowest BCUT2D eigenvalue weighted by Crippen LogP contribution is -2.14. The van der Waals surface area contributed by atoms with E-state index in [0.717, 1.165) is 11.3 Å². The quantitative estimate of drug-likeness (QED) is 0.652. The number of hydrogen-bond acceptors (Lipinski definition) is 4. The highest BCUT2D eigenvalue weighted by Crippen LogP contribution is 2.21. The molecule has 2 rings (SSSR count). The molecule has 0 heterocycles. The Labute approximate surface area is 123 Å². The molecule has 21 heavy (non-hydrogen) atoms. The summed E-state index contributed by atoms with van der Waals surface area (Å²) in [5.41, 5.74) is 8.73. The summed E-state index contributed by atoms with van der Waals surface area (Å²) in [5.74, 6) is -0.165.